The molecule has 2 rings (SSSR count). The van der Waals surface area contributed by atoms with Crippen LogP contribution in [-0.2, 0) is 4.74 Å². The van der Waals surface area contributed by atoms with Crippen molar-refractivity contribution in [3.8, 4) is 0 Å². The molecule has 2 N–H and O–H groups in total. The molecule has 0 aromatic heterocycles. The number of benzene rings is 1. The Bertz CT molecular complexity index is 458. The molecule has 1 aromatic rings. The number of methoxy groups -OCH3 is 1. The lowest BCUT2D eigenvalue weighted by Crippen LogP contribution is -2.23. The van der Waals surface area contributed by atoms with E-state index in [9.17, 15) is 4.79 Å². The number of rotatable bonds is 3. The van der Waals surface area contributed by atoms with Crippen molar-refractivity contribution >= 4 is 28.9 Å². The molecule has 92 valence electrons. The van der Waals surface area contributed by atoms with Crippen molar-refractivity contribution < 1.29 is 9.53 Å². The number of anilines is 2. The fourth-order valence-corrected chi connectivity index (χ4v) is 2.25. The SMILES string of the molecule is COC(=O)c1cc(N)cc(Cl)c1N(C)C1CC1. The zero-order chi connectivity index (χ0) is 12.6. The Morgan fingerprint density at radius 3 is 2.71 bits per heavy atom. The molecule has 0 bridgehead atoms. The van der Waals surface area contributed by atoms with Crippen LogP contribution in [0, 0.1) is 0 Å². The number of halogens is 1. The lowest BCUT2D eigenvalue weighted by Gasteiger charge is -2.23. The molecule has 17 heavy (non-hydrogen) atoms. The number of hydrogen-bond donors (Lipinski definition) is 1. The van der Waals surface area contributed by atoms with E-state index < -0.39 is 5.97 Å². The Labute approximate surface area is 105 Å². The fraction of sp³-hybridized carbons (Fsp3) is 0.417. The highest BCUT2D eigenvalue weighted by Crippen LogP contribution is 2.38. The van der Waals surface area contributed by atoms with Gasteiger partial charge in [-0.05, 0) is 25.0 Å². The molecule has 5 heteroatoms. The van der Waals surface area contributed by atoms with Gasteiger partial charge in [0, 0.05) is 18.8 Å². The zero-order valence-corrected chi connectivity index (χ0v) is 10.6. The van der Waals surface area contributed by atoms with Crippen LogP contribution in [0.4, 0.5) is 11.4 Å². The van der Waals surface area contributed by atoms with Crippen LogP contribution in [-0.4, -0.2) is 26.2 Å². The first-order valence-corrected chi connectivity index (χ1v) is 5.82. The predicted octanol–water partition coefficient (Wildman–Crippen LogP) is 2.31. The largest absolute Gasteiger partial charge is 0.465 e. The number of nitrogens with two attached hydrogens (primary N) is 1. The molecule has 4 nitrogen and oxygen atoms in total. The molecule has 0 aliphatic heterocycles. The monoisotopic (exact) mass is 254 g/mol. The molecule has 0 unspecified atom stereocenters. The van der Waals surface area contributed by atoms with Crippen molar-refractivity contribution in [2.75, 3.05) is 24.8 Å². The van der Waals surface area contributed by atoms with E-state index in [1.807, 2.05) is 11.9 Å². The molecule has 1 fully saturated rings. The molecule has 0 amide bonds. The minimum Gasteiger partial charge on any atom is -0.465 e. The van der Waals surface area contributed by atoms with E-state index in [4.69, 9.17) is 22.1 Å². The zero-order valence-electron chi connectivity index (χ0n) is 9.87. The molecule has 0 heterocycles. The van der Waals surface area contributed by atoms with Gasteiger partial charge in [-0.1, -0.05) is 11.6 Å². The van der Waals surface area contributed by atoms with Crippen molar-refractivity contribution in [2.45, 2.75) is 18.9 Å². The summed E-state index contributed by atoms with van der Waals surface area (Å²) in [5, 5.41) is 0.486. The molecular formula is C12H15ClN2O2. The van der Waals surface area contributed by atoms with Gasteiger partial charge in [-0.2, -0.15) is 0 Å². The summed E-state index contributed by atoms with van der Waals surface area (Å²) < 4.78 is 4.76. The van der Waals surface area contributed by atoms with Crippen LogP contribution in [0.2, 0.25) is 5.02 Å². The molecule has 0 radical (unpaired) electrons. The predicted molar refractivity (Wildman–Crippen MR) is 68.6 cm³/mol. The Balaban J connectivity index is 2.50. The van der Waals surface area contributed by atoms with Crippen molar-refractivity contribution in [1.82, 2.24) is 0 Å². The van der Waals surface area contributed by atoms with Gasteiger partial charge < -0.3 is 15.4 Å². The number of nitrogen functional groups attached to an aromatic ring is 1. The molecule has 0 atom stereocenters. The lowest BCUT2D eigenvalue weighted by molar-refractivity contribution is 0.0601. The number of hydrogen-bond acceptors (Lipinski definition) is 4. The van der Waals surface area contributed by atoms with Crippen LogP contribution >= 0.6 is 11.6 Å². The van der Waals surface area contributed by atoms with Gasteiger partial charge in [0.2, 0.25) is 0 Å². The first-order valence-electron chi connectivity index (χ1n) is 5.44. The maximum atomic E-state index is 11.7. The normalized spacial score (nSPS) is 14.5. The molecule has 1 aliphatic carbocycles. The van der Waals surface area contributed by atoms with E-state index >= 15 is 0 Å². The number of esters is 1. The molecule has 0 spiro atoms. The Morgan fingerprint density at radius 1 is 1.53 bits per heavy atom. The van der Waals surface area contributed by atoms with Gasteiger partial charge >= 0.3 is 5.97 Å². The fourth-order valence-electron chi connectivity index (χ4n) is 1.89. The van der Waals surface area contributed by atoms with E-state index in [0.29, 0.717) is 28.0 Å². The minimum atomic E-state index is -0.415. The summed E-state index contributed by atoms with van der Waals surface area (Å²) >= 11 is 6.17. The maximum absolute atomic E-state index is 11.7. The molecular weight excluding hydrogens is 240 g/mol. The van der Waals surface area contributed by atoms with Crippen molar-refractivity contribution in [3.63, 3.8) is 0 Å². The summed E-state index contributed by atoms with van der Waals surface area (Å²) in [5.41, 5.74) is 7.29. The highest BCUT2D eigenvalue weighted by Gasteiger charge is 2.30. The van der Waals surface area contributed by atoms with Gasteiger partial charge in [-0.15, -0.1) is 0 Å². The van der Waals surface area contributed by atoms with E-state index in [1.165, 1.54) is 7.11 Å². The number of carbonyl (C=O) groups excluding carboxylic acids is 1. The molecule has 1 aromatic carbocycles. The first kappa shape index (κ1) is 12.0. The first-order chi connectivity index (χ1) is 8.04. The Hall–Kier alpha value is -1.42. The van der Waals surface area contributed by atoms with Crippen molar-refractivity contribution in [1.29, 1.82) is 0 Å². The van der Waals surface area contributed by atoms with Gasteiger partial charge in [0.1, 0.15) is 0 Å². The van der Waals surface area contributed by atoms with E-state index in [-0.39, 0.29) is 0 Å². The topological polar surface area (TPSA) is 55.6 Å². The van der Waals surface area contributed by atoms with Gasteiger partial charge in [0.05, 0.1) is 23.4 Å². The van der Waals surface area contributed by atoms with Gasteiger partial charge in [-0.25, -0.2) is 4.79 Å². The molecule has 1 saturated carbocycles. The van der Waals surface area contributed by atoms with E-state index in [2.05, 4.69) is 0 Å². The summed E-state index contributed by atoms with van der Waals surface area (Å²) in [5.74, 6) is -0.415. The number of carbonyl (C=O) groups is 1. The average Bonchev–Trinajstić information content (AvgIpc) is 3.10. The second-order valence-corrected chi connectivity index (χ2v) is 4.64. The Kier molecular flexibility index (Phi) is 3.15. The van der Waals surface area contributed by atoms with Gasteiger partial charge in [0.25, 0.3) is 0 Å². The lowest BCUT2D eigenvalue weighted by atomic mass is 10.1. The smallest absolute Gasteiger partial charge is 0.340 e. The molecule has 0 saturated heterocycles. The van der Waals surface area contributed by atoms with Gasteiger partial charge in [-0.3, -0.25) is 0 Å². The summed E-state index contributed by atoms with van der Waals surface area (Å²) in [4.78, 5) is 13.7. The summed E-state index contributed by atoms with van der Waals surface area (Å²) in [6.45, 7) is 0. The Morgan fingerprint density at radius 2 is 2.18 bits per heavy atom. The highest BCUT2D eigenvalue weighted by molar-refractivity contribution is 6.34. The highest BCUT2D eigenvalue weighted by atomic mass is 35.5. The van der Waals surface area contributed by atoms with Crippen LogP contribution < -0.4 is 10.6 Å². The van der Waals surface area contributed by atoms with Crippen molar-refractivity contribution in [3.05, 3.63) is 22.7 Å². The van der Waals surface area contributed by atoms with Crippen LogP contribution in [0.25, 0.3) is 0 Å². The standard InChI is InChI=1S/C12H15ClN2O2/c1-15(8-3-4-8)11-9(12(16)17-2)5-7(14)6-10(11)13/h5-6,8H,3-4,14H2,1-2H3. The third kappa shape index (κ3) is 2.31. The summed E-state index contributed by atoms with van der Waals surface area (Å²) in [6, 6.07) is 3.72. The number of ether oxygens (including phenoxy) is 1. The second kappa shape index (κ2) is 4.45. The summed E-state index contributed by atoms with van der Waals surface area (Å²) in [7, 11) is 3.28. The van der Waals surface area contributed by atoms with Crippen LogP contribution in [0.5, 0.6) is 0 Å². The van der Waals surface area contributed by atoms with Crippen molar-refractivity contribution in [2.24, 2.45) is 0 Å². The third-order valence-corrected chi connectivity index (χ3v) is 3.23. The second-order valence-electron chi connectivity index (χ2n) is 4.23. The number of nitrogens with zero attached hydrogens (tertiary/aromatic N) is 1. The van der Waals surface area contributed by atoms with E-state index in [0.717, 1.165) is 12.8 Å². The van der Waals surface area contributed by atoms with Crippen LogP contribution in [0.3, 0.4) is 0 Å². The molecule has 1 aliphatic rings. The minimum absolute atomic E-state index is 0.415. The van der Waals surface area contributed by atoms with Crippen LogP contribution in [0.1, 0.15) is 23.2 Å². The average molecular weight is 255 g/mol. The maximum Gasteiger partial charge on any atom is 0.340 e. The summed E-state index contributed by atoms with van der Waals surface area (Å²) in [6.07, 6.45) is 2.25. The van der Waals surface area contributed by atoms with Crippen LogP contribution in [0.15, 0.2) is 12.1 Å². The quantitative estimate of drug-likeness (QED) is 0.664. The van der Waals surface area contributed by atoms with E-state index in [1.54, 1.807) is 12.1 Å². The van der Waals surface area contributed by atoms with Gasteiger partial charge in [0.15, 0.2) is 0 Å². The third-order valence-electron chi connectivity index (χ3n) is 2.94.